The second-order valence-electron chi connectivity index (χ2n) is 7.32. The quantitative estimate of drug-likeness (QED) is 0.142. The van der Waals surface area contributed by atoms with Gasteiger partial charge in [0.15, 0.2) is 5.84 Å². The molecular formula is C20H24Cl2F3N5O3S. The molecule has 0 aliphatic rings. The minimum Gasteiger partial charge on any atom is -0.383 e. The van der Waals surface area contributed by atoms with Crippen molar-refractivity contribution in [2.24, 2.45) is 10.9 Å². The predicted molar refractivity (Wildman–Crippen MR) is 126 cm³/mol. The summed E-state index contributed by atoms with van der Waals surface area (Å²) in [6, 6.07) is 1.32. The van der Waals surface area contributed by atoms with Gasteiger partial charge in [0.05, 0.1) is 26.4 Å². The number of rotatable bonds is 10. The summed E-state index contributed by atoms with van der Waals surface area (Å²) in [5, 5.41) is 6.84. The van der Waals surface area contributed by atoms with E-state index in [0.29, 0.717) is 18.6 Å². The molecule has 0 aliphatic heterocycles. The lowest BCUT2D eigenvalue weighted by Crippen LogP contribution is -2.18. The van der Waals surface area contributed by atoms with E-state index in [1.807, 2.05) is 0 Å². The summed E-state index contributed by atoms with van der Waals surface area (Å²) in [7, 11) is -1.76. The number of oxime groups is 1. The zero-order chi connectivity index (χ0) is 25.6. The van der Waals surface area contributed by atoms with E-state index >= 15 is 0 Å². The van der Waals surface area contributed by atoms with E-state index in [1.54, 1.807) is 0 Å². The van der Waals surface area contributed by atoms with Crippen LogP contribution in [0.4, 0.5) is 19.0 Å². The minimum absolute atomic E-state index is 0.0797. The highest BCUT2D eigenvalue weighted by Crippen LogP contribution is 2.39. The highest BCUT2D eigenvalue weighted by atomic mass is 35.5. The molecule has 188 valence electrons. The number of halogens is 5. The van der Waals surface area contributed by atoms with E-state index < -0.39 is 44.4 Å². The molecule has 0 fully saturated rings. The fourth-order valence-electron chi connectivity index (χ4n) is 3.03. The average molecular weight is 542 g/mol. The fourth-order valence-corrected chi connectivity index (χ4v) is 4.48. The van der Waals surface area contributed by atoms with Gasteiger partial charge in [-0.15, -0.1) is 0 Å². The first-order valence-electron chi connectivity index (χ1n) is 10.2. The molecule has 2 aromatic rings. The van der Waals surface area contributed by atoms with E-state index in [4.69, 9.17) is 39.5 Å². The first kappa shape index (κ1) is 27.9. The number of nitrogens with two attached hydrogens (primary N) is 2. The van der Waals surface area contributed by atoms with Crippen molar-refractivity contribution >= 4 is 51.6 Å². The number of carbonyl (C=O) groups excluding carboxylic acids is 1. The Morgan fingerprint density at radius 3 is 2.32 bits per heavy atom. The van der Waals surface area contributed by atoms with Crippen LogP contribution in [0.25, 0.3) is 5.69 Å². The Bertz CT molecular complexity index is 1080. The minimum atomic E-state index is -4.68. The normalized spacial score (nSPS) is 13.2. The number of benzene rings is 1. The Morgan fingerprint density at radius 2 is 1.79 bits per heavy atom. The van der Waals surface area contributed by atoms with Crippen molar-refractivity contribution in [3.05, 3.63) is 33.4 Å². The standard InChI is InChI=1S/C20H24Cl2F3N5O3S/c1-3-4-5-6-7-8-14(31)33-29-18(26)15-17(34(2)32)19(27)30(28-15)16-12(21)9-11(10-13(16)22)20(23,24)25/h9-10H,3-8,27H2,1-2H3,(H2,26,29). The van der Waals surface area contributed by atoms with Gasteiger partial charge in [0.2, 0.25) is 0 Å². The molecule has 1 heterocycles. The van der Waals surface area contributed by atoms with Gasteiger partial charge in [0, 0.05) is 12.7 Å². The molecule has 1 aromatic heterocycles. The summed E-state index contributed by atoms with van der Waals surface area (Å²) in [5.74, 6) is -1.26. The fraction of sp³-hybridized carbons (Fsp3) is 0.450. The smallest absolute Gasteiger partial charge is 0.383 e. The molecule has 2 rings (SSSR count). The molecule has 1 aromatic carbocycles. The van der Waals surface area contributed by atoms with Crippen LogP contribution in [-0.4, -0.2) is 32.1 Å². The van der Waals surface area contributed by atoms with Crippen LogP contribution >= 0.6 is 23.2 Å². The Hall–Kier alpha value is -2.31. The number of hydrogen-bond donors (Lipinski definition) is 2. The van der Waals surface area contributed by atoms with E-state index in [-0.39, 0.29) is 28.5 Å². The molecule has 0 amide bonds. The van der Waals surface area contributed by atoms with Gasteiger partial charge in [-0.05, 0) is 18.6 Å². The third-order valence-corrected chi connectivity index (χ3v) is 6.25. The number of nitrogen functional groups attached to an aromatic ring is 1. The van der Waals surface area contributed by atoms with Crippen molar-refractivity contribution in [2.75, 3.05) is 12.0 Å². The Labute approximate surface area is 206 Å². The predicted octanol–water partition coefficient (Wildman–Crippen LogP) is 5.04. The van der Waals surface area contributed by atoms with Crippen LogP contribution in [-0.2, 0) is 26.6 Å². The number of aromatic nitrogens is 2. The van der Waals surface area contributed by atoms with Gasteiger partial charge in [-0.3, -0.25) is 4.21 Å². The molecule has 0 radical (unpaired) electrons. The lowest BCUT2D eigenvalue weighted by Gasteiger charge is -2.13. The summed E-state index contributed by atoms with van der Waals surface area (Å²) >= 11 is 12.1. The average Bonchev–Trinajstić information content (AvgIpc) is 3.08. The third-order valence-electron chi connectivity index (χ3n) is 4.69. The maximum atomic E-state index is 13.0. The van der Waals surface area contributed by atoms with Gasteiger partial charge in [-0.2, -0.15) is 18.3 Å². The Kier molecular flexibility index (Phi) is 9.77. The van der Waals surface area contributed by atoms with Crippen molar-refractivity contribution in [3.63, 3.8) is 0 Å². The van der Waals surface area contributed by atoms with Crippen LogP contribution in [0.2, 0.25) is 10.0 Å². The van der Waals surface area contributed by atoms with Gasteiger partial charge in [-0.25, -0.2) is 9.48 Å². The number of hydrogen-bond acceptors (Lipinski definition) is 6. The summed E-state index contributed by atoms with van der Waals surface area (Å²) in [6.45, 7) is 2.08. The SMILES string of the molecule is CCCCCCCC(=O)ON=C(N)c1nn(-c2c(Cl)cc(C(F)(F)F)cc2Cl)c(N)c1S(C)=O. The van der Waals surface area contributed by atoms with Gasteiger partial charge in [0.25, 0.3) is 0 Å². The maximum Gasteiger partial charge on any atom is 0.416 e. The second kappa shape index (κ2) is 11.9. The van der Waals surface area contributed by atoms with Crippen molar-refractivity contribution in [1.82, 2.24) is 9.78 Å². The number of anilines is 1. The molecule has 8 nitrogen and oxygen atoms in total. The van der Waals surface area contributed by atoms with Gasteiger partial charge in [-0.1, -0.05) is 61.0 Å². The van der Waals surface area contributed by atoms with Crippen molar-refractivity contribution in [3.8, 4) is 5.69 Å². The number of unbranched alkanes of at least 4 members (excludes halogenated alkanes) is 4. The first-order chi connectivity index (χ1) is 15.9. The van der Waals surface area contributed by atoms with E-state index in [9.17, 15) is 22.2 Å². The number of nitrogens with zero attached hydrogens (tertiary/aromatic N) is 3. The lowest BCUT2D eigenvalue weighted by molar-refractivity contribution is -0.143. The monoisotopic (exact) mass is 541 g/mol. The number of alkyl halides is 3. The second-order valence-corrected chi connectivity index (χ2v) is 9.45. The van der Waals surface area contributed by atoms with E-state index in [0.717, 1.165) is 30.4 Å². The van der Waals surface area contributed by atoms with Crippen LogP contribution in [0.3, 0.4) is 0 Å². The van der Waals surface area contributed by atoms with Crippen LogP contribution in [0.5, 0.6) is 0 Å². The molecular weight excluding hydrogens is 518 g/mol. The van der Waals surface area contributed by atoms with Crippen LogP contribution in [0, 0.1) is 0 Å². The third kappa shape index (κ3) is 6.86. The number of carbonyl (C=O) groups is 1. The summed E-state index contributed by atoms with van der Waals surface area (Å²) in [5.41, 5.74) is 10.5. The van der Waals surface area contributed by atoms with Crippen molar-refractivity contribution < 1.29 is 27.0 Å². The van der Waals surface area contributed by atoms with Crippen LogP contribution in [0.1, 0.15) is 56.7 Å². The van der Waals surface area contributed by atoms with Crippen molar-refractivity contribution in [1.29, 1.82) is 0 Å². The van der Waals surface area contributed by atoms with Gasteiger partial charge >= 0.3 is 12.1 Å². The number of amidine groups is 1. The van der Waals surface area contributed by atoms with Gasteiger partial charge in [0.1, 0.15) is 22.1 Å². The molecule has 0 aliphatic carbocycles. The largest absolute Gasteiger partial charge is 0.416 e. The first-order valence-corrected chi connectivity index (χ1v) is 12.5. The molecule has 34 heavy (non-hydrogen) atoms. The molecule has 4 N–H and O–H groups in total. The highest BCUT2D eigenvalue weighted by molar-refractivity contribution is 7.84. The molecule has 1 atom stereocenters. The molecule has 0 bridgehead atoms. The van der Waals surface area contributed by atoms with Crippen LogP contribution in [0.15, 0.2) is 22.2 Å². The molecule has 0 spiro atoms. The molecule has 0 saturated carbocycles. The van der Waals surface area contributed by atoms with Gasteiger partial charge < -0.3 is 16.3 Å². The van der Waals surface area contributed by atoms with E-state index in [1.165, 1.54) is 6.26 Å². The zero-order valence-electron chi connectivity index (χ0n) is 18.4. The summed E-state index contributed by atoms with van der Waals surface area (Å²) in [6.07, 6.45) is 1.40. The Morgan fingerprint density at radius 1 is 1.21 bits per heavy atom. The lowest BCUT2D eigenvalue weighted by atomic mass is 10.1. The summed E-state index contributed by atoms with van der Waals surface area (Å²) in [4.78, 5) is 16.6. The van der Waals surface area contributed by atoms with E-state index in [2.05, 4.69) is 17.2 Å². The molecule has 14 heteroatoms. The Balaban J connectivity index is 2.36. The maximum absolute atomic E-state index is 13.0. The zero-order valence-corrected chi connectivity index (χ0v) is 20.7. The molecule has 1 unspecified atom stereocenters. The summed E-state index contributed by atoms with van der Waals surface area (Å²) < 4.78 is 52.3. The van der Waals surface area contributed by atoms with Crippen LogP contribution < -0.4 is 11.5 Å². The molecule has 0 saturated heterocycles. The topological polar surface area (TPSA) is 126 Å². The highest BCUT2D eigenvalue weighted by Gasteiger charge is 2.33. The van der Waals surface area contributed by atoms with Crippen molar-refractivity contribution in [2.45, 2.75) is 56.5 Å².